The molecule has 12 heteroatoms. The summed E-state index contributed by atoms with van der Waals surface area (Å²) in [5.74, 6) is 5.06. The first-order valence-electron chi connectivity index (χ1n) is 5.42. The number of hydrogen-bond donors (Lipinski definition) is 3. The molecule has 0 saturated heterocycles. The highest BCUT2D eigenvalue weighted by molar-refractivity contribution is 9.10. The average molecular weight is 393 g/mol. The van der Waals surface area contributed by atoms with Crippen molar-refractivity contribution in [2.24, 2.45) is 5.84 Å². The number of hydrogen-bond acceptors (Lipinski definition) is 6. The van der Waals surface area contributed by atoms with Crippen LogP contribution in [0.4, 0.5) is 19.0 Å². The lowest BCUT2D eigenvalue weighted by Gasteiger charge is -2.11. The zero-order valence-electron chi connectivity index (χ0n) is 10.4. The van der Waals surface area contributed by atoms with Gasteiger partial charge in [-0.15, -0.1) is 0 Å². The van der Waals surface area contributed by atoms with Gasteiger partial charge in [0.1, 0.15) is 11.5 Å². The van der Waals surface area contributed by atoms with Crippen LogP contribution in [0, 0.1) is 0 Å². The summed E-state index contributed by atoms with van der Waals surface area (Å²) < 4.78 is 66.2. The van der Waals surface area contributed by atoms with Crippen LogP contribution < -0.4 is 16.0 Å². The molecule has 0 bridgehead atoms. The van der Waals surface area contributed by atoms with Crippen molar-refractivity contribution in [3.05, 3.63) is 16.7 Å². The van der Waals surface area contributed by atoms with Crippen molar-refractivity contribution in [1.82, 2.24) is 9.71 Å². The summed E-state index contributed by atoms with van der Waals surface area (Å²) in [5, 5.41) is 0. The van der Waals surface area contributed by atoms with Gasteiger partial charge in [0, 0.05) is 17.2 Å². The lowest BCUT2D eigenvalue weighted by atomic mass is 10.5. The van der Waals surface area contributed by atoms with Crippen molar-refractivity contribution in [1.29, 1.82) is 0 Å². The van der Waals surface area contributed by atoms with Gasteiger partial charge < -0.3 is 10.2 Å². The number of anilines is 1. The SMILES string of the molecule is NNc1ncc(Br)cc1S(=O)(=O)NCCOCC(F)(F)F. The quantitative estimate of drug-likeness (QED) is 0.363. The van der Waals surface area contributed by atoms with Gasteiger partial charge in [0.15, 0.2) is 5.82 Å². The molecule has 0 radical (unpaired) electrons. The first-order valence-corrected chi connectivity index (χ1v) is 7.69. The maximum atomic E-state index is 12.0. The molecule has 0 saturated carbocycles. The number of aromatic nitrogens is 1. The number of nitrogen functional groups attached to an aromatic ring is 1. The molecule has 21 heavy (non-hydrogen) atoms. The first-order chi connectivity index (χ1) is 9.65. The fourth-order valence-electron chi connectivity index (χ4n) is 1.25. The predicted molar refractivity (Wildman–Crippen MR) is 71.8 cm³/mol. The number of nitrogens with zero attached hydrogens (tertiary/aromatic N) is 1. The van der Waals surface area contributed by atoms with Gasteiger partial charge in [-0.2, -0.15) is 13.2 Å². The van der Waals surface area contributed by atoms with E-state index in [0.29, 0.717) is 4.47 Å². The molecule has 0 atom stereocenters. The number of ether oxygens (including phenoxy) is 1. The minimum Gasteiger partial charge on any atom is -0.371 e. The van der Waals surface area contributed by atoms with E-state index in [1.165, 1.54) is 12.3 Å². The molecular weight excluding hydrogens is 381 g/mol. The Hall–Kier alpha value is -0.950. The molecule has 1 aromatic rings. The molecule has 0 aliphatic carbocycles. The van der Waals surface area contributed by atoms with Crippen molar-refractivity contribution in [2.45, 2.75) is 11.1 Å². The molecule has 0 aliphatic heterocycles. The number of nitrogens with two attached hydrogens (primary N) is 1. The zero-order chi connectivity index (χ0) is 16.1. The Morgan fingerprint density at radius 1 is 1.43 bits per heavy atom. The third-order valence-electron chi connectivity index (χ3n) is 2.05. The van der Waals surface area contributed by atoms with Crippen LogP contribution >= 0.6 is 15.9 Å². The number of sulfonamides is 1. The molecular formula is C9H12BrF3N4O3S. The van der Waals surface area contributed by atoms with Gasteiger partial charge in [-0.05, 0) is 22.0 Å². The summed E-state index contributed by atoms with van der Waals surface area (Å²) in [4.78, 5) is 3.52. The molecule has 0 aromatic carbocycles. The minimum absolute atomic E-state index is 0.0955. The van der Waals surface area contributed by atoms with E-state index in [2.05, 4.69) is 35.8 Å². The van der Waals surface area contributed by atoms with Crippen LogP contribution in [-0.2, 0) is 14.8 Å². The highest BCUT2D eigenvalue weighted by Gasteiger charge is 2.27. The maximum Gasteiger partial charge on any atom is 0.411 e. The third kappa shape index (κ3) is 6.13. The van der Waals surface area contributed by atoms with Gasteiger partial charge >= 0.3 is 6.18 Å². The van der Waals surface area contributed by atoms with Crippen LogP contribution in [0.15, 0.2) is 21.6 Å². The molecule has 0 fully saturated rings. The number of rotatable bonds is 7. The summed E-state index contributed by atoms with van der Waals surface area (Å²) in [6, 6.07) is 1.25. The summed E-state index contributed by atoms with van der Waals surface area (Å²) in [7, 11) is -3.99. The number of pyridine rings is 1. The van der Waals surface area contributed by atoms with E-state index >= 15 is 0 Å². The Morgan fingerprint density at radius 2 is 2.10 bits per heavy atom. The van der Waals surface area contributed by atoms with E-state index < -0.39 is 29.4 Å². The smallest absolute Gasteiger partial charge is 0.371 e. The molecule has 1 heterocycles. The van der Waals surface area contributed by atoms with Gasteiger partial charge in [0.05, 0.1) is 6.61 Å². The summed E-state index contributed by atoms with van der Waals surface area (Å²) in [6.07, 6.45) is -3.12. The first kappa shape index (κ1) is 18.1. The van der Waals surface area contributed by atoms with Gasteiger partial charge in [-0.1, -0.05) is 0 Å². The van der Waals surface area contributed by atoms with Crippen LogP contribution in [-0.4, -0.2) is 39.3 Å². The second-order valence-electron chi connectivity index (χ2n) is 3.71. The fourth-order valence-corrected chi connectivity index (χ4v) is 2.89. The molecule has 1 aromatic heterocycles. The molecule has 0 unspecified atom stereocenters. The summed E-state index contributed by atoms with van der Waals surface area (Å²) in [6.45, 7) is -2.19. The van der Waals surface area contributed by atoms with Crippen LogP contribution in [0.2, 0.25) is 0 Å². The third-order valence-corrected chi connectivity index (χ3v) is 3.96. The van der Waals surface area contributed by atoms with Gasteiger partial charge in [-0.3, -0.25) is 0 Å². The van der Waals surface area contributed by atoms with E-state index in [9.17, 15) is 21.6 Å². The predicted octanol–water partition coefficient (Wildman–Crippen LogP) is 0.987. The van der Waals surface area contributed by atoms with Crippen LogP contribution in [0.1, 0.15) is 0 Å². The molecule has 4 N–H and O–H groups in total. The number of alkyl halides is 3. The number of halogens is 4. The van der Waals surface area contributed by atoms with Gasteiger partial charge in [-0.25, -0.2) is 24.0 Å². The highest BCUT2D eigenvalue weighted by atomic mass is 79.9. The van der Waals surface area contributed by atoms with E-state index in [1.807, 2.05) is 0 Å². The van der Waals surface area contributed by atoms with Crippen LogP contribution in [0.5, 0.6) is 0 Å². The normalized spacial score (nSPS) is 12.4. The van der Waals surface area contributed by atoms with E-state index in [-0.39, 0.29) is 17.3 Å². The largest absolute Gasteiger partial charge is 0.411 e. The molecule has 120 valence electrons. The van der Waals surface area contributed by atoms with Gasteiger partial charge in [0.25, 0.3) is 0 Å². The standard InChI is InChI=1S/C9H12BrF3N4O3S/c10-6-3-7(8(17-14)15-4-6)21(18,19)16-1-2-20-5-9(11,12)13/h3-4,16H,1-2,5,14H2,(H,15,17). The Morgan fingerprint density at radius 3 is 2.67 bits per heavy atom. The number of hydrazine groups is 1. The Balaban J connectivity index is 2.64. The van der Waals surface area contributed by atoms with Crippen LogP contribution in [0.3, 0.4) is 0 Å². The lowest BCUT2D eigenvalue weighted by molar-refractivity contribution is -0.173. The zero-order valence-corrected chi connectivity index (χ0v) is 12.8. The topological polar surface area (TPSA) is 106 Å². The van der Waals surface area contributed by atoms with Crippen molar-refractivity contribution < 1.29 is 26.3 Å². The van der Waals surface area contributed by atoms with Gasteiger partial charge in [0.2, 0.25) is 10.0 Å². The lowest BCUT2D eigenvalue weighted by Crippen LogP contribution is -2.30. The number of nitrogens with one attached hydrogen (secondary N) is 2. The Kier molecular flexibility index (Phi) is 6.34. The maximum absolute atomic E-state index is 12.0. The Bertz CT molecular complexity index is 582. The second-order valence-corrected chi connectivity index (χ2v) is 6.36. The van der Waals surface area contributed by atoms with Crippen molar-refractivity contribution in [3.63, 3.8) is 0 Å². The summed E-state index contributed by atoms with van der Waals surface area (Å²) >= 11 is 3.06. The molecule has 7 nitrogen and oxygen atoms in total. The monoisotopic (exact) mass is 392 g/mol. The average Bonchev–Trinajstić information content (AvgIpc) is 2.36. The molecule has 0 amide bonds. The Labute approximate surface area is 127 Å². The molecule has 0 spiro atoms. The van der Waals surface area contributed by atoms with Crippen LogP contribution in [0.25, 0.3) is 0 Å². The van der Waals surface area contributed by atoms with E-state index in [4.69, 9.17) is 5.84 Å². The van der Waals surface area contributed by atoms with Crippen molar-refractivity contribution >= 4 is 31.8 Å². The second kappa shape index (κ2) is 7.35. The minimum atomic E-state index is -4.45. The van der Waals surface area contributed by atoms with E-state index in [1.54, 1.807) is 0 Å². The highest BCUT2D eigenvalue weighted by Crippen LogP contribution is 2.21. The molecule has 1 rings (SSSR count). The molecule has 0 aliphatic rings. The fraction of sp³-hybridized carbons (Fsp3) is 0.444. The van der Waals surface area contributed by atoms with Crippen molar-refractivity contribution in [3.8, 4) is 0 Å². The summed E-state index contributed by atoms with van der Waals surface area (Å²) in [5.41, 5.74) is 2.12. The van der Waals surface area contributed by atoms with Crippen molar-refractivity contribution in [2.75, 3.05) is 25.2 Å². The van der Waals surface area contributed by atoms with E-state index in [0.717, 1.165) is 0 Å².